The first-order valence-electron chi connectivity index (χ1n) is 7.71. The second-order valence-electron chi connectivity index (χ2n) is 5.38. The predicted octanol–water partition coefficient (Wildman–Crippen LogP) is 4.90. The van der Waals surface area contributed by atoms with Gasteiger partial charge in [0.1, 0.15) is 5.76 Å². The quantitative estimate of drug-likeness (QED) is 0.644. The minimum atomic E-state index is -0.248. The molecule has 6 heteroatoms. The van der Waals surface area contributed by atoms with E-state index in [1.807, 2.05) is 42.5 Å². The number of halogens is 2. The molecule has 0 aliphatic rings. The van der Waals surface area contributed by atoms with Gasteiger partial charge in [0, 0.05) is 0 Å². The van der Waals surface area contributed by atoms with Gasteiger partial charge in [-0.15, -0.1) is 0 Å². The fraction of sp³-hybridized carbons (Fsp3) is 0.105. The Kier molecular flexibility index (Phi) is 5.76. The molecule has 2 aromatic carbocycles. The highest BCUT2D eigenvalue weighted by Crippen LogP contribution is 2.29. The fourth-order valence-electron chi connectivity index (χ4n) is 2.48. The fourth-order valence-corrected chi connectivity index (χ4v) is 2.97. The van der Waals surface area contributed by atoms with Gasteiger partial charge in [0.2, 0.25) is 5.91 Å². The lowest BCUT2D eigenvalue weighted by Crippen LogP contribution is -2.31. The molecule has 1 heterocycles. The van der Waals surface area contributed by atoms with Gasteiger partial charge in [-0.3, -0.25) is 10.1 Å². The van der Waals surface area contributed by atoms with Crippen molar-refractivity contribution in [3.63, 3.8) is 0 Å². The molecule has 0 saturated carbocycles. The third kappa shape index (κ3) is 4.42. The van der Waals surface area contributed by atoms with Gasteiger partial charge in [0.25, 0.3) is 0 Å². The minimum Gasteiger partial charge on any atom is -0.467 e. The van der Waals surface area contributed by atoms with E-state index >= 15 is 0 Å². The van der Waals surface area contributed by atoms with Crippen molar-refractivity contribution >= 4 is 34.8 Å². The van der Waals surface area contributed by atoms with Crippen LogP contribution in [-0.2, 0) is 4.79 Å². The molecule has 2 N–H and O–H groups in total. The molecule has 128 valence electrons. The normalized spacial score (nSPS) is 11.9. The minimum absolute atomic E-state index is 0.0712. The van der Waals surface area contributed by atoms with Gasteiger partial charge in [-0.05, 0) is 29.8 Å². The Hall–Kier alpha value is -2.27. The summed E-state index contributed by atoms with van der Waals surface area (Å²) in [6.45, 7) is 0.0712. The summed E-state index contributed by atoms with van der Waals surface area (Å²) in [5, 5.41) is 6.73. The maximum Gasteiger partial charge on any atom is 0.238 e. The van der Waals surface area contributed by atoms with E-state index in [1.165, 1.54) is 0 Å². The molecule has 0 saturated heterocycles. The van der Waals surface area contributed by atoms with Crippen LogP contribution in [0.4, 0.5) is 5.69 Å². The van der Waals surface area contributed by atoms with E-state index in [0.717, 1.165) is 11.3 Å². The zero-order chi connectivity index (χ0) is 17.6. The van der Waals surface area contributed by atoms with Crippen LogP contribution in [-0.4, -0.2) is 12.5 Å². The van der Waals surface area contributed by atoms with Crippen LogP contribution >= 0.6 is 23.2 Å². The van der Waals surface area contributed by atoms with Crippen LogP contribution in [0.25, 0.3) is 0 Å². The van der Waals surface area contributed by atoms with Crippen LogP contribution in [0, 0.1) is 0 Å². The number of anilines is 1. The number of furan rings is 1. The SMILES string of the molecule is O=C(CN[C@H](c1ccccc1)c1ccco1)Nc1c(Cl)cccc1Cl. The van der Waals surface area contributed by atoms with E-state index in [4.69, 9.17) is 27.6 Å². The monoisotopic (exact) mass is 374 g/mol. The molecular formula is C19H16Cl2N2O2. The van der Waals surface area contributed by atoms with Crippen molar-refractivity contribution in [2.24, 2.45) is 0 Å². The van der Waals surface area contributed by atoms with E-state index < -0.39 is 0 Å². The molecule has 0 aliphatic carbocycles. The van der Waals surface area contributed by atoms with Crippen molar-refractivity contribution in [3.8, 4) is 0 Å². The van der Waals surface area contributed by atoms with Gasteiger partial charge in [-0.25, -0.2) is 0 Å². The average Bonchev–Trinajstić information content (AvgIpc) is 3.14. The highest BCUT2D eigenvalue weighted by atomic mass is 35.5. The first-order chi connectivity index (χ1) is 12.1. The summed E-state index contributed by atoms with van der Waals surface area (Å²) in [7, 11) is 0. The molecule has 1 amide bonds. The molecule has 0 fully saturated rings. The van der Waals surface area contributed by atoms with Crippen LogP contribution in [0.3, 0.4) is 0 Å². The van der Waals surface area contributed by atoms with Gasteiger partial charge in [0.15, 0.2) is 0 Å². The standard InChI is InChI=1S/C19H16Cl2N2O2/c20-14-8-4-9-15(21)19(14)23-17(24)12-22-18(16-10-5-11-25-16)13-6-2-1-3-7-13/h1-11,18,22H,12H2,(H,23,24)/t18-/m1/s1. The summed E-state index contributed by atoms with van der Waals surface area (Å²) >= 11 is 12.2. The van der Waals surface area contributed by atoms with E-state index in [1.54, 1.807) is 24.5 Å². The third-order valence-corrected chi connectivity index (χ3v) is 4.28. The van der Waals surface area contributed by atoms with Gasteiger partial charge >= 0.3 is 0 Å². The molecule has 0 spiro atoms. The number of hydrogen-bond donors (Lipinski definition) is 2. The van der Waals surface area contributed by atoms with E-state index in [2.05, 4.69) is 10.6 Å². The summed E-state index contributed by atoms with van der Waals surface area (Å²) in [6, 6.07) is 18.3. The number of carbonyl (C=O) groups is 1. The molecule has 4 nitrogen and oxygen atoms in total. The molecular weight excluding hydrogens is 359 g/mol. The number of nitrogens with one attached hydrogen (secondary N) is 2. The zero-order valence-corrected chi connectivity index (χ0v) is 14.7. The summed E-state index contributed by atoms with van der Waals surface area (Å²) < 4.78 is 5.50. The van der Waals surface area contributed by atoms with Gasteiger partial charge < -0.3 is 9.73 Å². The lowest BCUT2D eigenvalue weighted by molar-refractivity contribution is -0.115. The zero-order valence-electron chi connectivity index (χ0n) is 13.2. The highest BCUT2D eigenvalue weighted by molar-refractivity contribution is 6.39. The number of hydrogen-bond acceptors (Lipinski definition) is 3. The lowest BCUT2D eigenvalue weighted by atomic mass is 10.0. The van der Waals surface area contributed by atoms with Crippen LogP contribution < -0.4 is 10.6 Å². The second kappa shape index (κ2) is 8.21. The first-order valence-corrected chi connectivity index (χ1v) is 8.46. The largest absolute Gasteiger partial charge is 0.467 e. The predicted molar refractivity (Wildman–Crippen MR) is 100 cm³/mol. The maximum atomic E-state index is 12.3. The van der Waals surface area contributed by atoms with Crippen molar-refractivity contribution in [1.82, 2.24) is 5.32 Å². The Morgan fingerprint density at radius 1 is 0.960 bits per heavy atom. The van der Waals surface area contributed by atoms with E-state index in [0.29, 0.717) is 15.7 Å². The summed E-state index contributed by atoms with van der Waals surface area (Å²) in [5.74, 6) is 0.484. The smallest absolute Gasteiger partial charge is 0.238 e. The Labute approximate surface area is 155 Å². The van der Waals surface area contributed by atoms with Gasteiger partial charge in [-0.1, -0.05) is 59.6 Å². The topological polar surface area (TPSA) is 54.3 Å². The molecule has 0 aliphatic heterocycles. The maximum absolute atomic E-state index is 12.3. The van der Waals surface area contributed by atoms with Gasteiger partial charge in [-0.2, -0.15) is 0 Å². The van der Waals surface area contributed by atoms with Crippen LogP contribution in [0.5, 0.6) is 0 Å². The third-order valence-electron chi connectivity index (χ3n) is 3.65. The molecule has 0 bridgehead atoms. The summed E-state index contributed by atoms with van der Waals surface area (Å²) in [5.41, 5.74) is 1.41. The van der Waals surface area contributed by atoms with Crippen molar-refractivity contribution in [2.45, 2.75) is 6.04 Å². The second-order valence-corrected chi connectivity index (χ2v) is 6.20. The van der Waals surface area contributed by atoms with Crippen LogP contribution in [0.1, 0.15) is 17.4 Å². The average molecular weight is 375 g/mol. The van der Waals surface area contributed by atoms with Crippen molar-refractivity contribution in [1.29, 1.82) is 0 Å². The van der Waals surface area contributed by atoms with Crippen molar-refractivity contribution < 1.29 is 9.21 Å². The number of rotatable bonds is 6. The summed E-state index contributed by atoms with van der Waals surface area (Å²) in [6.07, 6.45) is 1.61. The van der Waals surface area contributed by atoms with Crippen molar-refractivity contribution in [3.05, 3.63) is 88.3 Å². The number of benzene rings is 2. The van der Waals surface area contributed by atoms with E-state index in [9.17, 15) is 4.79 Å². The van der Waals surface area contributed by atoms with Gasteiger partial charge in [0.05, 0.1) is 34.6 Å². The molecule has 0 unspecified atom stereocenters. The van der Waals surface area contributed by atoms with Crippen LogP contribution in [0.2, 0.25) is 10.0 Å². The van der Waals surface area contributed by atoms with Crippen LogP contribution in [0.15, 0.2) is 71.3 Å². The molecule has 1 atom stereocenters. The Bertz CT molecular complexity index is 816. The Morgan fingerprint density at radius 3 is 2.32 bits per heavy atom. The van der Waals surface area contributed by atoms with Crippen molar-refractivity contribution in [2.75, 3.05) is 11.9 Å². The molecule has 3 aromatic rings. The highest BCUT2D eigenvalue weighted by Gasteiger charge is 2.18. The molecule has 3 rings (SSSR count). The molecule has 1 aromatic heterocycles. The summed E-state index contributed by atoms with van der Waals surface area (Å²) in [4.78, 5) is 12.3. The number of para-hydroxylation sites is 1. The lowest BCUT2D eigenvalue weighted by Gasteiger charge is -2.17. The number of carbonyl (C=O) groups excluding carboxylic acids is 1. The first kappa shape index (κ1) is 17.5. The Morgan fingerprint density at radius 2 is 1.68 bits per heavy atom. The van der Waals surface area contributed by atoms with E-state index in [-0.39, 0.29) is 18.5 Å². The number of amides is 1. The molecule has 25 heavy (non-hydrogen) atoms. The molecule has 0 radical (unpaired) electrons. The Balaban J connectivity index is 1.70.